The van der Waals surface area contributed by atoms with Crippen LogP contribution in [-0.4, -0.2) is 10.7 Å². The highest BCUT2D eigenvalue weighted by atomic mass is 16.6. The molecular formula is C21H15NO3. The van der Waals surface area contributed by atoms with Crippen molar-refractivity contribution >= 4 is 17.5 Å². The SMILES string of the molecule is O=C(C=Cc1cccc([N+](=O)[O-])c1)c1ccc(-c2ccccc2)cc1. The monoisotopic (exact) mass is 329 g/mol. The smallest absolute Gasteiger partial charge is 0.270 e. The Kier molecular flexibility index (Phi) is 4.81. The van der Waals surface area contributed by atoms with Crippen LogP contribution in [0.25, 0.3) is 17.2 Å². The number of non-ortho nitro benzene ring substituents is 1. The Morgan fingerprint density at radius 1 is 0.840 bits per heavy atom. The number of nitrogens with zero attached hydrogens (tertiary/aromatic N) is 1. The van der Waals surface area contributed by atoms with Crippen LogP contribution in [0.2, 0.25) is 0 Å². The zero-order valence-electron chi connectivity index (χ0n) is 13.3. The maximum atomic E-state index is 12.3. The second-order valence-corrected chi connectivity index (χ2v) is 5.49. The average molecular weight is 329 g/mol. The molecule has 0 radical (unpaired) electrons. The van der Waals surface area contributed by atoms with Crippen LogP contribution < -0.4 is 0 Å². The minimum Gasteiger partial charge on any atom is -0.289 e. The van der Waals surface area contributed by atoms with Gasteiger partial charge in [-0.1, -0.05) is 72.8 Å². The molecule has 0 saturated heterocycles. The lowest BCUT2D eigenvalue weighted by atomic mass is 10.0. The number of nitro groups is 1. The lowest BCUT2D eigenvalue weighted by Gasteiger charge is -2.02. The van der Waals surface area contributed by atoms with E-state index in [2.05, 4.69) is 0 Å². The molecule has 0 saturated carbocycles. The van der Waals surface area contributed by atoms with E-state index in [0.717, 1.165) is 11.1 Å². The van der Waals surface area contributed by atoms with Crippen molar-refractivity contribution in [3.63, 3.8) is 0 Å². The average Bonchev–Trinajstić information content (AvgIpc) is 2.67. The van der Waals surface area contributed by atoms with Gasteiger partial charge in [-0.05, 0) is 22.8 Å². The lowest BCUT2D eigenvalue weighted by Crippen LogP contribution is -1.94. The van der Waals surface area contributed by atoms with Gasteiger partial charge in [0.05, 0.1) is 4.92 Å². The summed E-state index contributed by atoms with van der Waals surface area (Å²) in [5.41, 5.74) is 3.32. The molecule has 0 aromatic heterocycles. The highest BCUT2D eigenvalue weighted by molar-refractivity contribution is 6.07. The molecule has 0 aliphatic heterocycles. The van der Waals surface area contributed by atoms with Crippen LogP contribution in [0.3, 0.4) is 0 Å². The molecule has 3 aromatic rings. The molecule has 0 heterocycles. The van der Waals surface area contributed by atoms with Crippen LogP contribution in [-0.2, 0) is 0 Å². The molecule has 0 amide bonds. The Balaban J connectivity index is 1.75. The predicted molar refractivity (Wildman–Crippen MR) is 98.3 cm³/mol. The zero-order valence-corrected chi connectivity index (χ0v) is 13.3. The van der Waals surface area contributed by atoms with Crippen molar-refractivity contribution in [3.05, 3.63) is 106 Å². The van der Waals surface area contributed by atoms with Crippen molar-refractivity contribution in [1.29, 1.82) is 0 Å². The molecule has 4 nitrogen and oxygen atoms in total. The standard InChI is InChI=1S/C21H15NO3/c23-21(14-9-16-5-4-8-20(15-16)22(24)25)19-12-10-18(11-13-19)17-6-2-1-3-7-17/h1-15H. The predicted octanol–water partition coefficient (Wildman–Crippen LogP) is 5.16. The van der Waals surface area contributed by atoms with Gasteiger partial charge in [-0.15, -0.1) is 0 Å². The van der Waals surface area contributed by atoms with Gasteiger partial charge in [0.25, 0.3) is 5.69 Å². The molecule has 0 aliphatic carbocycles. The van der Waals surface area contributed by atoms with E-state index in [1.165, 1.54) is 18.2 Å². The number of ketones is 1. The molecule has 0 unspecified atom stereocenters. The molecule has 122 valence electrons. The molecule has 0 spiro atoms. The number of hydrogen-bond acceptors (Lipinski definition) is 3. The fourth-order valence-electron chi connectivity index (χ4n) is 2.47. The Labute approximate surface area is 145 Å². The molecule has 3 aromatic carbocycles. The van der Waals surface area contributed by atoms with Gasteiger partial charge >= 0.3 is 0 Å². The van der Waals surface area contributed by atoms with E-state index >= 15 is 0 Å². The fourth-order valence-corrected chi connectivity index (χ4v) is 2.47. The minimum atomic E-state index is -0.457. The maximum Gasteiger partial charge on any atom is 0.270 e. The summed E-state index contributed by atoms with van der Waals surface area (Å²) in [5, 5.41) is 10.8. The summed E-state index contributed by atoms with van der Waals surface area (Å²) in [6, 6.07) is 23.5. The topological polar surface area (TPSA) is 60.2 Å². The van der Waals surface area contributed by atoms with Gasteiger partial charge in [0, 0.05) is 17.7 Å². The number of allylic oxidation sites excluding steroid dienone is 1. The molecule has 25 heavy (non-hydrogen) atoms. The first-order chi connectivity index (χ1) is 12.1. The normalized spacial score (nSPS) is 10.7. The van der Waals surface area contributed by atoms with Gasteiger partial charge in [-0.3, -0.25) is 14.9 Å². The summed E-state index contributed by atoms with van der Waals surface area (Å²) in [5.74, 6) is -0.147. The van der Waals surface area contributed by atoms with Gasteiger partial charge in [-0.2, -0.15) is 0 Å². The molecule has 0 N–H and O–H groups in total. The lowest BCUT2D eigenvalue weighted by molar-refractivity contribution is -0.384. The third-order valence-electron chi connectivity index (χ3n) is 3.78. The van der Waals surface area contributed by atoms with Gasteiger partial charge in [-0.25, -0.2) is 0 Å². The van der Waals surface area contributed by atoms with E-state index in [1.807, 2.05) is 42.5 Å². The summed E-state index contributed by atoms with van der Waals surface area (Å²) < 4.78 is 0. The van der Waals surface area contributed by atoms with Gasteiger partial charge < -0.3 is 0 Å². The van der Waals surface area contributed by atoms with E-state index in [4.69, 9.17) is 0 Å². The first-order valence-electron chi connectivity index (χ1n) is 7.76. The first-order valence-corrected chi connectivity index (χ1v) is 7.76. The van der Waals surface area contributed by atoms with Crippen molar-refractivity contribution in [2.75, 3.05) is 0 Å². The van der Waals surface area contributed by atoms with Crippen molar-refractivity contribution in [1.82, 2.24) is 0 Å². The highest BCUT2D eigenvalue weighted by Gasteiger charge is 2.05. The van der Waals surface area contributed by atoms with E-state index < -0.39 is 4.92 Å². The van der Waals surface area contributed by atoms with E-state index in [9.17, 15) is 14.9 Å². The van der Waals surface area contributed by atoms with E-state index in [1.54, 1.807) is 30.3 Å². The van der Waals surface area contributed by atoms with Crippen molar-refractivity contribution < 1.29 is 9.72 Å². The van der Waals surface area contributed by atoms with Crippen LogP contribution in [0.15, 0.2) is 84.9 Å². The Morgan fingerprint density at radius 3 is 2.20 bits per heavy atom. The van der Waals surface area contributed by atoms with Crippen molar-refractivity contribution in [3.8, 4) is 11.1 Å². The van der Waals surface area contributed by atoms with Crippen LogP contribution in [0.1, 0.15) is 15.9 Å². The quantitative estimate of drug-likeness (QED) is 0.281. The maximum absolute atomic E-state index is 12.3. The Morgan fingerprint density at radius 2 is 1.52 bits per heavy atom. The molecule has 0 bridgehead atoms. The molecule has 3 rings (SSSR count). The number of benzene rings is 3. The van der Waals surface area contributed by atoms with E-state index in [0.29, 0.717) is 11.1 Å². The number of nitro benzene ring substituents is 1. The van der Waals surface area contributed by atoms with Crippen LogP contribution in [0.4, 0.5) is 5.69 Å². The Hall–Kier alpha value is -3.53. The molecule has 0 atom stereocenters. The molecule has 0 aliphatic rings. The first kappa shape index (κ1) is 16.3. The minimum absolute atomic E-state index is 0.00168. The third-order valence-corrected chi connectivity index (χ3v) is 3.78. The van der Waals surface area contributed by atoms with Gasteiger partial charge in [0.15, 0.2) is 5.78 Å². The van der Waals surface area contributed by atoms with Crippen LogP contribution in [0.5, 0.6) is 0 Å². The molecule has 4 heteroatoms. The third kappa shape index (κ3) is 4.06. The Bertz CT molecular complexity index is 929. The summed E-state index contributed by atoms with van der Waals surface area (Å²) in [6.07, 6.45) is 3.01. The number of carbonyl (C=O) groups is 1. The molecule has 0 fully saturated rings. The van der Waals surface area contributed by atoms with Crippen LogP contribution in [0, 0.1) is 10.1 Å². The van der Waals surface area contributed by atoms with E-state index in [-0.39, 0.29) is 11.5 Å². The highest BCUT2D eigenvalue weighted by Crippen LogP contribution is 2.20. The summed E-state index contributed by atoms with van der Waals surface area (Å²) in [4.78, 5) is 22.6. The van der Waals surface area contributed by atoms with Gasteiger partial charge in [0.1, 0.15) is 0 Å². The van der Waals surface area contributed by atoms with Crippen molar-refractivity contribution in [2.24, 2.45) is 0 Å². The second kappa shape index (κ2) is 7.36. The number of rotatable bonds is 5. The van der Waals surface area contributed by atoms with Gasteiger partial charge in [0.2, 0.25) is 0 Å². The summed E-state index contributed by atoms with van der Waals surface area (Å²) >= 11 is 0. The fraction of sp³-hybridized carbons (Fsp3) is 0. The van der Waals surface area contributed by atoms with Crippen LogP contribution >= 0.6 is 0 Å². The largest absolute Gasteiger partial charge is 0.289 e. The number of carbonyl (C=O) groups excluding carboxylic acids is 1. The second-order valence-electron chi connectivity index (χ2n) is 5.49. The number of hydrogen-bond donors (Lipinski definition) is 0. The molecular weight excluding hydrogens is 314 g/mol. The zero-order chi connectivity index (χ0) is 17.6. The summed E-state index contributed by atoms with van der Waals surface area (Å²) in [6.45, 7) is 0. The summed E-state index contributed by atoms with van der Waals surface area (Å²) in [7, 11) is 0. The van der Waals surface area contributed by atoms with Crippen molar-refractivity contribution in [2.45, 2.75) is 0 Å².